The van der Waals surface area contributed by atoms with Crippen LogP contribution in [0.5, 0.6) is 0 Å². The van der Waals surface area contributed by atoms with Crippen molar-refractivity contribution in [1.29, 1.82) is 5.26 Å². The van der Waals surface area contributed by atoms with Crippen LogP contribution >= 0.6 is 0 Å². The summed E-state index contributed by atoms with van der Waals surface area (Å²) in [5.74, 6) is 1.51. The SMILES string of the molecule is [2H]c1ccc2c(N3C[C@H](CN4CC(c5ccc(N6CC(C)(N)C6)nc5)C4)O[C@H](C)C3)ccc(C#N)c2n1. The van der Waals surface area contributed by atoms with Gasteiger partial charge in [-0.1, -0.05) is 6.07 Å². The summed E-state index contributed by atoms with van der Waals surface area (Å²) in [5.41, 5.74) is 9.47. The van der Waals surface area contributed by atoms with Gasteiger partial charge in [0.1, 0.15) is 11.9 Å². The average Bonchev–Trinajstić information content (AvgIpc) is 2.83. The van der Waals surface area contributed by atoms with Crippen molar-refractivity contribution in [1.82, 2.24) is 14.9 Å². The highest BCUT2D eigenvalue weighted by Gasteiger charge is 2.36. The van der Waals surface area contributed by atoms with Crippen molar-refractivity contribution < 1.29 is 6.11 Å². The van der Waals surface area contributed by atoms with Gasteiger partial charge in [-0.25, -0.2) is 4.98 Å². The molecule has 2 aromatic heterocycles. The molecule has 0 bridgehead atoms. The molecule has 3 aliphatic rings. The third-order valence-corrected chi connectivity index (χ3v) is 7.57. The monoisotopic (exact) mass is 484 g/mol. The van der Waals surface area contributed by atoms with Gasteiger partial charge >= 0.3 is 0 Å². The molecule has 36 heavy (non-hydrogen) atoms. The zero-order valence-corrected chi connectivity index (χ0v) is 20.9. The minimum absolute atomic E-state index is 0.0938. The number of nitriles is 1. The fourth-order valence-corrected chi connectivity index (χ4v) is 5.84. The van der Waals surface area contributed by atoms with Gasteiger partial charge in [-0.3, -0.25) is 9.88 Å². The van der Waals surface area contributed by atoms with Crippen LogP contribution in [0.1, 0.15) is 32.3 Å². The molecule has 0 spiro atoms. The summed E-state index contributed by atoms with van der Waals surface area (Å²) in [6, 6.07) is 14.0. The maximum atomic E-state index is 9.52. The van der Waals surface area contributed by atoms with Crippen LogP contribution < -0.4 is 15.5 Å². The van der Waals surface area contributed by atoms with E-state index >= 15 is 0 Å². The fourth-order valence-electron chi connectivity index (χ4n) is 5.84. The molecule has 0 aliphatic carbocycles. The van der Waals surface area contributed by atoms with Crippen LogP contribution in [0.4, 0.5) is 11.5 Å². The van der Waals surface area contributed by atoms with Crippen LogP contribution in [-0.4, -0.2) is 78.4 Å². The molecule has 3 aromatic rings. The van der Waals surface area contributed by atoms with Gasteiger partial charge in [-0.2, -0.15) is 5.26 Å². The third kappa shape index (κ3) is 4.39. The molecule has 8 nitrogen and oxygen atoms in total. The lowest BCUT2D eigenvalue weighted by Crippen LogP contribution is -2.65. The number of nitrogens with zero attached hydrogens (tertiary/aromatic N) is 6. The number of morpholine rings is 1. The van der Waals surface area contributed by atoms with Crippen molar-refractivity contribution in [3.8, 4) is 6.07 Å². The Balaban J connectivity index is 1.09. The molecule has 0 saturated carbocycles. The minimum Gasteiger partial charge on any atom is -0.370 e. The van der Waals surface area contributed by atoms with E-state index in [1.165, 1.54) is 5.56 Å². The van der Waals surface area contributed by atoms with E-state index in [9.17, 15) is 5.26 Å². The first-order chi connectivity index (χ1) is 17.8. The minimum atomic E-state index is -0.0986. The predicted molar refractivity (Wildman–Crippen MR) is 141 cm³/mol. The highest BCUT2D eigenvalue weighted by Crippen LogP contribution is 2.32. The number of benzene rings is 1. The molecule has 2 N–H and O–H groups in total. The number of hydrogen-bond acceptors (Lipinski definition) is 8. The van der Waals surface area contributed by atoms with Gasteiger partial charge < -0.3 is 20.3 Å². The standard InChI is InChI=1S/C28H33N7O/c1-19-12-34(25-7-5-20(10-29)27-24(25)4-3-9-31-27)16-23(36-19)15-33-13-22(14-33)21-6-8-26(32-11-21)35-17-28(2,30)18-35/h3-9,11,19,22-23H,12-18,30H2,1-2H3/t19-,23+/m1/s1/i9D. The van der Waals surface area contributed by atoms with Crippen LogP contribution in [0.25, 0.3) is 10.9 Å². The number of ether oxygens (including phenoxy) is 1. The Morgan fingerprint density at radius 2 is 1.97 bits per heavy atom. The Morgan fingerprint density at radius 3 is 2.69 bits per heavy atom. The lowest BCUT2D eigenvalue weighted by atomic mass is 9.91. The number of fused-ring (bicyclic) bond motifs is 1. The van der Waals surface area contributed by atoms with Crippen LogP contribution in [0.15, 0.2) is 48.8 Å². The van der Waals surface area contributed by atoms with E-state index in [4.69, 9.17) is 11.8 Å². The maximum absolute atomic E-state index is 9.52. The number of pyridine rings is 2. The zero-order chi connectivity index (χ0) is 25.7. The second-order valence-electron chi connectivity index (χ2n) is 10.9. The van der Waals surface area contributed by atoms with Crippen molar-refractivity contribution in [3.05, 3.63) is 59.9 Å². The molecule has 5 heterocycles. The molecular formula is C28H33N7O. The molecule has 6 rings (SSSR count). The predicted octanol–water partition coefficient (Wildman–Crippen LogP) is 2.73. The van der Waals surface area contributed by atoms with Gasteiger partial charge in [-0.15, -0.1) is 0 Å². The van der Waals surface area contributed by atoms with Crippen molar-refractivity contribution >= 4 is 22.4 Å². The summed E-state index contributed by atoms with van der Waals surface area (Å²) in [4.78, 5) is 16.1. The summed E-state index contributed by atoms with van der Waals surface area (Å²) in [6.07, 6.45) is 2.39. The second kappa shape index (κ2) is 9.00. The Bertz CT molecular complexity index is 1340. The van der Waals surface area contributed by atoms with Crippen molar-refractivity contribution in [2.24, 2.45) is 5.73 Å². The number of rotatable bonds is 5. The Hall–Kier alpha value is -3.25. The quantitative estimate of drug-likeness (QED) is 0.591. The molecule has 186 valence electrons. The second-order valence-corrected chi connectivity index (χ2v) is 10.9. The van der Waals surface area contributed by atoms with Crippen LogP contribution in [0.3, 0.4) is 0 Å². The topological polar surface area (TPSA) is 94.5 Å². The Kier molecular flexibility index (Phi) is 5.50. The maximum Gasteiger partial charge on any atom is 0.128 e. The molecule has 2 atom stereocenters. The highest BCUT2D eigenvalue weighted by atomic mass is 16.5. The van der Waals surface area contributed by atoms with Gasteiger partial charge in [-0.05, 0) is 49.7 Å². The van der Waals surface area contributed by atoms with Crippen molar-refractivity contribution in [2.75, 3.05) is 55.6 Å². The Morgan fingerprint density at radius 1 is 1.14 bits per heavy atom. The smallest absolute Gasteiger partial charge is 0.128 e. The molecule has 0 amide bonds. The van der Waals surface area contributed by atoms with Gasteiger partial charge in [0.25, 0.3) is 0 Å². The van der Waals surface area contributed by atoms with E-state index in [0.717, 1.165) is 62.7 Å². The molecule has 3 fully saturated rings. The van der Waals surface area contributed by atoms with Crippen LogP contribution in [-0.2, 0) is 4.74 Å². The summed E-state index contributed by atoms with van der Waals surface area (Å²) >= 11 is 0. The number of aromatic nitrogens is 2. The van der Waals surface area contributed by atoms with E-state index < -0.39 is 0 Å². The average molecular weight is 485 g/mol. The van der Waals surface area contributed by atoms with Gasteiger partial charge in [0.05, 0.1) is 24.7 Å². The van der Waals surface area contributed by atoms with Crippen LogP contribution in [0.2, 0.25) is 0 Å². The zero-order valence-electron chi connectivity index (χ0n) is 21.9. The number of anilines is 2. The molecule has 1 aromatic carbocycles. The first-order valence-corrected chi connectivity index (χ1v) is 12.7. The summed E-state index contributed by atoms with van der Waals surface area (Å²) in [6.45, 7) is 10.4. The van der Waals surface area contributed by atoms with Crippen molar-refractivity contribution in [3.63, 3.8) is 0 Å². The lowest BCUT2D eigenvalue weighted by molar-refractivity contribution is -0.0435. The molecular weight excluding hydrogens is 450 g/mol. The van der Waals surface area contributed by atoms with E-state index in [1.807, 2.05) is 24.4 Å². The van der Waals surface area contributed by atoms with E-state index in [0.29, 0.717) is 17.0 Å². The van der Waals surface area contributed by atoms with Crippen molar-refractivity contribution in [2.45, 2.75) is 37.5 Å². The van der Waals surface area contributed by atoms with Gasteiger partial charge in [0, 0.05) is 80.7 Å². The molecule has 3 aliphatic heterocycles. The molecule has 0 unspecified atom stereocenters. The van der Waals surface area contributed by atoms with E-state index in [-0.39, 0.29) is 23.9 Å². The number of likely N-dealkylation sites (tertiary alicyclic amines) is 1. The first-order valence-electron chi connectivity index (χ1n) is 13.2. The van der Waals surface area contributed by atoms with Gasteiger partial charge in [0.2, 0.25) is 0 Å². The first kappa shape index (κ1) is 22.0. The van der Waals surface area contributed by atoms with E-state index in [2.05, 4.69) is 56.7 Å². The summed E-state index contributed by atoms with van der Waals surface area (Å²) in [5, 5.41) is 10.4. The summed E-state index contributed by atoms with van der Waals surface area (Å²) < 4.78 is 14.2. The fraction of sp³-hybridized carbons (Fsp3) is 0.464. The largest absolute Gasteiger partial charge is 0.370 e. The molecule has 0 radical (unpaired) electrons. The highest BCUT2D eigenvalue weighted by molar-refractivity contribution is 5.95. The number of hydrogen-bond donors (Lipinski definition) is 1. The Labute approximate surface area is 213 Å². The van der Waals surface area contributed by atoms with Gasteiger partial charge in [0.15, 0.2) is 0 Å². The normalized spacial score (nSPS) is 24.7. The molecule has 3 saturated heterocycles. The third-order valence-electron chi connectivity index (χ3n) is 7.57. The van der Waals surface area contributed by atoms with E-state index in [1.54, 1.807) is 6.07 Å². The summed E-state index contributed by atoms with van der Waals surface area (Å²) in [7, 11) is 0. The molecule has 8 heteroatoms. The lowest BCUT2D eigenvalue weighted by Gasteiger charge is -2.46. The van der Waals surface area contributed by atoms with Crippen LogP contribution in [0, 0.1) is 11.3 Å². The number of nitrogens with two attached hydrogens (primary N) is 1.